The molecule has 6 heteroatoms. The minimum Gasteiger partial charge on any atom is -0.386 e. The number of alkyl halides is 1. The molecule has 0 aliphatic carbocycles. The van der Waals surface area contributed by atoms with Crippen molar-refractivity contribution in [3.05, 3.63) is 36.7 Å². The second-order valence-corrected chi connectivity index (χ2v) is 3.34. The zero-order valence-corrected chi connectivity index (χ0v) is 9.17. The number of aromatic nitrogens is 3. The monoisotopic (exact) mass is 235 g/mol. The van der Waals surface area contributed by atoms with Gasteiger partial charge in [-0.05, 0) is 18.2 Å². The largest absolute Gasteiger partial charge is 0.386 e. The van der Waals surface area contributed by atoms with E-state index < -0.39 is 0 Å². The van der Waals surface area contributed by atoms with Crippen LogP contribution < -0.4 is 5.73 Å². The Morgan fingerprint density at radius 3 is 2.81 bits per heavy atom. The smallest absolute Gasteiger partial charge is 0.115 e. The molecule has 1 aromatic carbocycles. The van der Waals surface area contributed by atoms with Crippen LogP contribution in [0.1, 0.15) is 0 Å². The lowest BCUT2D eigenvalue weighted by Gasteiger charge is -2.01. The molecular formula is C10H10ClN5. The summed E-state index contributed by atoms with van der Waals surface area (Å²) < 4.78 is 0. The Morgan fingerprint density at radius 1 is 1.38 bits per heavy atom. The van der Waals surface area contributed by atoms with Gasteiger partial charge in [-0.2, -0.15) is 15.0 Å². The van der Waals surface area contributed by atoms with Crippen LogP contribution in [0.5, 0.6) is 0 Å². The minimum atomic E-state index is 0.213. The second-order valence-electron chi connectivity index (χ2n) is 3.08. The van der Waals surface area contributed by atoms with Gasteiger partial charge in [0.1, 0.15) is 5.84 Å². The molecule has 0 radical (unpaired) electrons. The maximum absolute atomic E-state index is 5.56. The van der Waals surface area contributed by atoms with Crippen molar-refractivity contribution in [3.8, 4) is 5.69 Å². The maximum atomic E-state index is 5.56. The lowest BCUT2D eigenvalue weighted by atomic mass is 10.3. The standard InChI is InChI=1S/C10H10ClN5/c11-7-10(12)15-8-2-1-3-9(6-8)16-13-4-5-14-16/h1-6H,7H2,(H2,12,15). The van der Waals surface area contributed by atoms with Gasteiger partial charge >= 0.3 is 0 Å². The van der Waals surface area contributed by atoms with Crippen LogP contribution in [0.2, 0.25) is 0 Å². The van der Waals surface area contributed by atoms with Crippen molar-refractivity contribution in [1.82, 2.24) is 15.0 Å². The first kappa shape index (κ1) is 10.6. The maximum Gasteiger partial charge on any atom is 0.115 e. The van der Waals surface area contributed by atoms with E-state index in [1.165, 1.54) is 4.80 Å². The lowest BCUT2D eigenvalue weighted by molar-refractivity contribution is 0.752. The third kappa shape index (κ3) is 2.38. The number of rotatable bonds is 3. The van der Waals surface area contributed by atoms with Crippen LogP contribution in [0.3, 0.4) is 0 Å². The first-order valence-corrected chi connectivity index (χ1v) is 5.19. The second kappa shape index (κ2) is 4.76. The number of hydrogen-bond acceptors (Lipinski definition) is 3. The van der Waals surface area contributed by atoms with E-state index in [9.17, 15) is 0 Å². The first-order valence-electron chi connectivity index (χ1n) is 4.65. The number of halogens is 1. The summed E-state index contributed by atoms with van der Waals surface area (Å²) in [6.45, 7) is 0. The van der Waals surface area contributed by atoms with Crippen molar-refractivity contribution in [1.29, 1.82) is 0 Å². The van der Waals surface area contributed by atoms with E-state index in [2.05, 4.69) is 15.2 Å². The highest BCUT2D eigenvalue weighted by Crippen LogP contribution is 2.16. The predicted octanol–water partition coefficient (Wildman–Crippen LogP) is 1.49. The number of hydrogen-bond donors (Lipinski definition) is 1. The third-order valence-electron chi connectivity index (χ3n) is 1.89. The SMILES string of the molecule is NC(CCl)=Nc1cccc(-n2nccn2)c1. The molecule has 82 valence electrons. The molecule has 0 unspecified atom stereocenters. The molecule has 2 rings (SSSR count). The summed E-state index contributed by atoms with van der Waals surface area (Å²) >= 11 is 5.56. The van der Waals surface area contributed by atoms with Crippen LogP contribution in [0.4, 0.5) is 5.69 Å². The molecule has 1 aromatic heterocycles. The molecule has 1 heterocycles. The van der Waals surface area contributed by atoms with E-state index in [0.717, 1.165) is 11.4 Å². The zero-order valence-electron chi connectivity index (χ0n) is 8.42. The summed E-state index contributed by atoms with van der Waals surface area (Å²) in [5.74, 6) is 0.594. The van der Waals surface area contributed by atoms with Gasteiger partial charge in [0.2, 0.25) is 0 Å². The van der Waals surface area contributed by atoms with Gasteiger partial charge in [-0.15, -0.1) is 11.6 Å². The van der Waals surface area contributed by atoms with Gasteiger partial charge < -0.3 is 5.73 Å². The molecular weight excluding hydrogens is 226 g/mol. The van der Waals surface area contributed by atoms with Crippen LogP contribution in [0, 0.1) is 0 Å². The summed E-state index contributed by atoms with van der Waals surface area (Å²) in [5, 5.41) is 8.05. The molecule has 16 heavy (non-hydrogen) atoms. The van der Waals surface area contributed by atoms with Gasteiger partial charge in [0.05, 0.1) is 29.6 Å². The number of amidine groups is 1. The van der Waals surface area contributed by atoms with Crippen LogP contribution >= 0.6 is 11.6 Å². The molecule has 0 fully saturated rings. The van der Waals surface area contributed by atoms with Crippen molar-refractivity contribution in [3.63, 3.8) is 0 Å². The Balaban J connectivity index is 2.34. The van der Waals surface area contributed by atoms with Gasteiger partial charge in [0, 0.05) is 0 Å². The molecule has 0 amide bonds. The predicted molar refractivity (Wildman–Crippen MR) is 63.4 cm³/mol. The number of nitrogens with zero attached hydrogens (tertiary/aromatic N) is 4. The molecule has 0 saturated heterocycles. The van der Waals surface area contributed by atoms with E-state index in [-0.39, 0.29) is 5.88 Å². The Bertz CT molecular complexity index is 492. The Morgan fingerprint density at radius 2 is 2.12 bits per heavy atom. The zero-order chi connectivity index (χ0) is 11.4. The highest BCUT2D eigenvalue weighted by Gasteiger charge is 1.99. The van der Waals surface area contributed by atoms with Crippen LogP contribution in [0.15, 0.2) is 41.7 Å². The van der Waals surface area contributed by atoms with Gasteiger partial charge in [-0.3, -0.25) is 0 Å². The average Bonchev–Trinajstić information content (AvgIpc) is 2.83. The fourth-order valence-corrected chi connectivity index (χ4v) is 1.29. The number of aliphatic imine (C=N–C) groups is 1. The first-order chi connectivity index (χ1) is 7.79. The quantitative estimate of drug-likeness (QED) is 0.498. The summed E-state index contributed by atoms with van der Waals surface area (Å²) in [7, 11) is 0. The van der Waals surface area contributed by atoms with E-state index in [0.29, 0.717) is 5.84 Å². The summed E-state index contributed by atoms with van der Waals surface area (Å²) in [4.78, 5) is 5.65. The highest BCUT2D eigenvalue weighted by molar-refractivity contribution is 6.28. The van der Waals surface area contributed by atoms with Crippen molar-refractivity contribution in [2.24, 2.45) is 10.7 Å². The molecule has 5 nitrogen and oxygen atoms in total. The Labute approximate surface area is 97.6 Å². The normalized spacial score (nSPS) is 11.7. The van der Waals surface area contributed by atoms with E-state index in [1.54, 1.807) is 12.4 Å². The Kier molecular flexibility index (Phi) is 3.16. The number of benzene rings is 1. The van der Waals surface area contributed by atoms with E-state index >= 15 is 0 Å². The van der Waals surface area contributed by atoms with Gasteiger partial charge in [0.15, 0.2) is 0 Å². The number of nitrogens with two attached hydrogens (primary N) is 1. The van der Waals surface area contributed by atoms with Gasteiger partial charge in [0.25, 0.3) is 0 Å². The van der Waals surface area contributed by atoms with E-state index in [1.807, 2.05) is 24.3 Å². The fraction of sp³-hybridized carbons (Fsp3) is 0.100. The third-order valence-corrected chi connectivity index (χ3v) is 2.16. The van der Waals surface area contributed by atoms with Crippen molar-refractivity contribution in [2.45, 2.75) is 0 Å². The van der Waals surface area contributed by atoms with Gasteiger partial charge in [-0.25, -0.2) is 4.99 Å². The lowest BCUT2D eigenvalue weighted by Crippen LogP contribution is -2.12. The molecule has 0 bridgehead atoms. The fourth-order valence-electron chi connectivity index (χ4n) is 1.23. The molecule has 0 spiro atoms. The highest BCUT2D eigenvalue weighted by atomic mass is 35.5. The molecule has 0 atom stereocenters. The molecule has 0 aliphatic rings. The summed E-state index contributed by atoms with van der Waals surface area (Å²) in [5.41, 5.74) is 7.11. The Hall–Kier alpha value is -1.88. The summed E-state index contributed by atoms with van der Waals surface area (Å²) in [6.07, 6.45) is 3.23. The molecule has 2 aromatic rings. The minimum absolute atomic E-state index is 0.213. The topological polar surface area (TPSA) is 69.1 Å². The molecule has 2 N–H and O–H groups in total. The van der Waals surface area contributed by atoms with E-state index in [4.69, 9.17) is 17.3 Å². The van der Waals surface area contributed by atoms with Crippen LogP contribution in [-0.4, -0.2) is 26.7 Å². The summed E-state index contributed by atoms with van der Waals surface area (Å²) in [6, 6.07) is 7.42. The van der Waals surface area contributed by atoms with Gasteiger partial charge in [-0.1, -0.05) is 6.07 Å². The average molecular weight is 236 g/mol. The van der Waals surface area contributed by atoms with Crippen LogP contribution in [0.25, 0.3) is 5.69 Å². The van der Waals surface area contributed by atoms with Crippen molar-refractivity contribution < 1.29 is 0 Å². The van der Waals surface area contributed by atoms with Crippen LogP contribution in [-0.2, 0) is 0 Å². The van der Waals surface area contributed by atoms with Crippen molar-refractivity contribution >= 4 is 23.1 Å². The van der Waals surface area contributed by atoms with Crippen molar-refractivity contribution in [2.75, 3.05) is 5.88 Å². The molecule has 0 saturated carbocycles. The molecule has 0 aliphatic heterocycles.